The number of aromatic nitrogens is 3. The fraction of sp³-hybridized carbons (Fsp3) is 0.500. The number of halogens is 2. The van der Waals surface area contributed by atoms with Gasteiger partial charge < -0.3 is 37.6 Å². The van der Waals surface area contributed by atoms with E-state index in [9.17, 15) is 14.4 Å². The number of carbonyl (C=O) groups excluding carboxylic acids is 3. The molecule has 1 fully saturated rings. The van der Waals surface area contributed by atoms with Crippen molar-refractivity contribution in [1.82, 2.24) is 14.1 Å². The van der Waals surface area contributed by atoms with Gasteiger partial charge in [0.2, 0.25) is 0 Å². The van der Waals surface area contributed by atoms with Crippen LogP contribution in [0, 0.1) is 0 Å². The second-order valence-electron chi connectivity index (χ2n) is 11.5. The standard InChI is InChI=1S/C15H24BNO4.C9H12BrNO2.C6H6BrNO2/c1-10(2)17-9-11(8-12(17)13(18)19-7)16-20-14(3,4)15(5,6)21-16;1-6(2)11-5-7(10)4-8(11)9(12)13-3;1-10-6(9)5-2-4(7)3-8-5/h8-10H,1-7H3;4-6H,1-3H3;2-3,8H,1H3. The molecule has 0 spiro atoms. The Morgan fingerprint density at radius 1 is 0.750 bits per heavy atom. The van der Waals surface area contributed by atoms with Gasteiger partial charge in [0.15, 0.2) is 0 Å². The number of nitrogens with zero attached hydrogens (tertiary/aromatic N) is 2. The summed E-state index contributed by atoms with van der Waals surface area (Å²) in [5.74, 6) is -1.02. The Bertz CT molecular complexity index is 1430. The molecule has 1 saturated heterocycles. The first-order valence-electron chi connectivity index (χ1n) is 13.9. The summed E-state index contributed by atoms with van der Waals surface area (Å²) in [6.45, 7) is 16.1. The zero-order chi connectivity index (χ0) is 33.6. The molecular weight excluding hydrogens is 701 g/mol. The molecule has 0 unspecified atom stereocenters. The summed E-state index contributed by atoms with van der Waals surface area (Å²) < 4.78 is 31.5. The van der Waals surface area contributed by atoms with E-state index in [1.165, 1.54) is 21.3 Å². The van der Waals surface area contributed by atoms with E-state index < -0.39 is 18.3 Å². The minimum Gasteiger partial charge on any atom is -0.464 e. The molecule has 3 aromatic rings. The summed E-state index contributed by atoms with van der Waals surface area (Å²) in [7, 11) is 3.64. The van der Waals surface area contributed by atoms with Gasteiger partial charge in [0, 0.05) is 45.1 Å². The molecule has 0 radical (unpaired) electrons. The largest absolute Gasteiger partial charge is 0.496 e. The Kier molecular flexibility index (Phi) is 13.1. The lowest BCUT2D eigenvalue weighted by molar-refractivity contribution is 0.00578. The topological polar surface area (TPSA) is 123 Å². The first-order chi connectivity index (χ1) is 20.4. The van der Waals surface area contributed by atoms with Gasteiger partial charge >= 0.3 is 25.0 Å². The molecule has 0 saturated carbocycles. The molecule has 0 amide bonds. The smallest absolute Gasteiger partial charge is 0.464 e. The van der Waals surface area contributed by atoms with Crippen molar-refractivity contribution in [2.45, 2.75) is 78.7 Å². The molecule has 0 aliphatic carbocycles. The zero-order valence-electron chi connectivity index (χ0n) is 27.1. The number of hydrogen-bond acceptors (Lipinski definition) is 8. The van der Waals surface area contributed by atoms with Gasteiger partial charge in [-0.05, 0) is 105 Å². The lowest BCUT2D eigenvalue weighted by Crippen LogP contribution is -2.41. The Morgan fingerprint density at radius 2 is 1.20 bits per heavy atom. The molecule has 14 heteroatoms. The number of methoxy groups -OCH3 is 3. The van der Waals surface area contributed by atoms with E-state index in [0.717, 1.165) is 14.4 Å². The second kappa shape index (κ2) is 15.5. The highest BCUT2D eigenvalue weighted by Gasteiger charge is 2.52. The molecule has 0 aromatic carbocycles. The number of nitrogens with one attached hydrogen (secondary N) is 1. The van der Waals surface area contributed by atoms with Gasteiger partial charge in [0.1, 0.15) is 17.1 Å². The molecule has 4 rings (SSSR count). The van der Waals surface area contributed by atoms with Crippen molar-refractivity contribution in [1.29, 1.82) is 0 Å². The first kappa shape index (κ1) is 37.4. The van der Waals surface area contributed by atoms with Crippen LogP contribution in [-0.4, -0.2) is 71.7 Å². The summed E-state index contributed by atoms with van der Waals surface area (Å²) in [4.78, 5) is 36.7. The normalized spacial score (nSPS) is 14.8. The minimum atomic E-state index is -0.474. The predicted octanol–water partition coefficient (Wildman–Crippen LogP) is 6.34. The Hall–Kier alpha value is -2.81. The van der Waals surface area contributed by atoms with Gasteiger partial charge in [0.05, 0.1) is 32.5 Å². The third-order valence-electron chi connectivity index (χ3n) is 7.17. The maximum Gasteiger partial charge on any atom is 0.496 e. The average molecular weight is 743 g/mol. The molecule has 1 N–H and O–H groups in total. The van der Waals surface area contributed by atoms with Crippen LogP contribution in [0.2, 0.25) is 0 Å². The van der Waals surface area contributed by atoms with Crippen molar-refractivity contribution >= 4 is 62.3 Å². The van der Waals surface area contributed by atoms with Gasteiger partial charge in [0.25, 0.3) is 0 Å². The number of carbonyl (C=O) groups is 3. The molecule has 0 atom stereocenters. The van der Waals surface area contributed by atoms with Crippen molar-refractivity contribution in [2.24, 2.45) is 0 Å². The maximum absolute atomic E-state index is 11.9. The van der Waals surface area contributed by atoms with Crippen LogP contribution in [0.4, 0.5) is 0 Å². The molecule has 1 aliphatic rings. The number of esters is 3. The van der Waals surface area contributed by atoms with Gasteiger partial charge in [-0.3, -0.25) is 0 Å². The van der Waals surface area contributed by atoms with E-state index in [0.29, 0.717) is 17.1 Å². The zero-order valence-corrected chi connectivity index (χ0v) is 30.3. The van der Waals surface area contributed by atoms with E-state index in [1.54, 1.807) is 24.4 Å². The summed E-state index contributed by atoms with van der Waals surface area (Å²) in [6.07, 6.45) is 5.45. The van der Waals surface area contributed by atoms with Crippen molar-refractivity contribution < 1.29 is 37.9 Å². The lowest BCUT2D eigenvalue weighted by Gasteiger charge is -2.32. The van der Waals surface area contributed by atoms with Crippen LogP contribution in [-0.2, 0) is 23.5 Å². The fourth-order valence-corrected chi connectivity index (χ4v) is 4.82. The van der Waals surface area contributed by atoms with Gasteiger partial charge in [-0.1, -0.05) is 0 Å². The van der Waals surface area contributed by atoms with E-state index in [1.807, 2.05) is 76.9 Å². The highest BCUT2D eigenvalue weighted by molar-refractivity contribution is 9.10. The van der Waals surface area contributed by atoms with Crippen molar-refractivity contribution in [3.05, 3.63) is 62.8 Å². The maximum atomic E-state index is 11.9. The van der Waals surface area contributed by atoms with E-state index in [2.05, 4.69) is 46.3 Å². The van der Waals surface area contributed by atoms with E-state index >= 15 is 0 Å². The molecule has 242 valence electrons. The van der Waals surface area contributed by atoms with E-state index in [4.69, 9.17) is 14.0 Å². The van der Waals surface area contributed by atoms with Crippen LogP contribution in [0.5, 0.6) is 0 Å². The summed E-state index contributed by atoms with van der Waals surface area (Å²) >= 11 is 6.51. The van der Waals surface area contributed by atoms with Crippen LogP contribution >= 0.6 is 31.9 Å². The van der Waals surface area contributed by atoms with Gasteiger partial charge in [-0.2, -0.15) is 0 Å². The SMILES string of the molecule is COC(=O)c1cc(B2OC(C)(C)C(C)(C)O2)cn1C(C)C.COC(=O)c1cc(Br)c[nH]1.COC(=O)c1cc(Br)cn1C(C)C. The van der Waals surface area contributed by atoms with Crippen molar-refractivity contribution in [3.8, 4) is 0 Å². The van der Waals surface area contributed by atoms with E-state index in [-0.39, 0.29) is 30.0 Å². The predicted molar refractivity (Wildman–Crippen MR) is 176 cm³/mol. The van der Waals surface area contributed by atoms with Crippen LogP contribution in [0.3, 0.4) is 0 Å². The highest BCUT2D eigenvalue weighted by atomic mass is 79.9. The third-order valence-corrected chi connectivity index (χ3v) is 8.06. The van der Waals surface area contributed by atoms with Crippen LogP contribution in [0.25, 0.3) is 0 Å². The number of H-pyrrole nitrogens is 1. The Morgan fingerprint density at radius 3 is 1.61 bits per heavy atom. The summed E-state index contributed by atoms with van der Waals surface area (Å²) in [6, 6.07) is 5.60. The lowest BCUT2D eigenvalue weighted by atomic mass is 9.81. The Labute approximate surface area is 276 Å². The van der Waals surface area contributed by atoms with Gasteiger partial charge in [-0.25, -0.2) is 14.4 Å². The Balaban J connectivity index is 0.000000250. The van der Waals surface area contributed by atoms with Crippen LogP contribution < -0.4 is 5.46 Å². The molecule has 3 aromatic heterocycles. The molecule has 4 heterocycles. The monoisotopic (exact) mass is 741 g/mol. The summed E-state index contributed by atoms with van der Waals surface area (Å²) in [5.41, 5.74) is 1.57. The molecule has 1 aliphatic heterocycles. The number of ether oxygens (including phenoxy) is 3. The summed E-state index contributed by atoms with van der Waals surface area (Å²) in [5, 5.41) is 0. The first-order valence-corrected chi connectivity index (χ1v) is 15.5. The van der Waals surface area contributed by atoms with Crippen molar-refractivity contribution in [2.75, 3.05) is 21.3 Å². The molecule has 11 nitrogen and oxygen atoms in total. The number of aromatic amines is 1. The quantitative estimate of drug-likeness (QED) is 0.177. The third kappa shape index (κ3) is 9.12. The second-order valence-corrected chi connectivity index (χ2v) is 13.3. The minimum absolute atomic E-state index is 0.148. The molecule has 0 bridgehead atoms. The van der Waals surface area contributed by atoms with Crippen molar-refractivity contribution in [3.63, 3.8) is 0 Å². The van der Waals surface area contributed by atoms with Crippen LogP contribution in [0.15, 0.2) is 45.7 Å². The molecule has 44 heavy (non-hydrogen) atoms. The number of rotatable bonds is 6. The highest BCUT2D eigenvalue weighted by Crippen LogP contribution is 2.36. The van der Waals surface area contributed by atoms with Crippen LogP contribution in [0.1, 0.15) is 98.9 Å². The van der Waals surface area contributed by atoms with Gasteiger partial charge in [-0.15, -0.1) is 0 Å². The average Bonchev–Trinajstić information content (AvgIpc) is 3.73. The molecular formula is C30H42BBr2N3O8. The number of hydrogen-bond donors (Lipinski definition) is 1. The fourth-order valence-electron chi connectivity index (χ4n) is 4.04.